The van der Waals surface area contributed by atoms with Crippen LogP contribution in [0.25, 0.3) is 0 Å². The predicted octanol–water partition coefficient (Wildman–Crippen LogP) is 1.23. The largest absolute Gasteiger partial charge is 0.468 e. The molecule has 9 nitrogen and oxygen atoms in total. The first-order valence-electron chi connectivity index (χ1n) is 8.23. The van der Waals surface area contributed by atoms with Crippen molar-refractivity contribution in [2.45, 2.75) is 32.9 Å². The highest BCUT2D eigenvalue weighted by atomic mass is 16.5. The molecule has 1 aromatic carbocycles. The van der Waals surface area contributed by atoms with E-state index in [2.05, 4.69) is 20.3 Å². The lowest BCUT2D eigenvalue weighted by Crippen LogP contribution is -2.37. The van der Waals surface area contributed by atoms with E-state index in [1.807, 2.05) is 13.8 Å². The number of methoxy groups -OCH3 is 1. The Balaban J connectivity index is 2.01. The van der Waals surface area contributed by atoms with Crippen molar-refractivity contribution < 1.29 is 19.1 Å². The molecule has 1 aliphatic heterocycles. The third-order valence-electron chi connectivity index (χ3n) is 4.20. The summed E-state index contributed by atoms with van der Waals surface area (Å²) >= 11 is 0. The highest BCUT2D eigenvalue weighted by molar-refractivity contribution is 6.21. The SMILES string of the molecule is COC(=O)Cn1nnnc1C(CC(C)C)N1C(=O)c2ccccc2C1=O. The Bertz CT molecular complexity index is 825. The summed E-state index contributed by atoms with van der Waals surface area (Å²) in [6.07, 6.45) is 0.465. The number of imide groups is 1. The quantitative estimate of drug-likeness (QED) is 0.565. The molecule has 0 fully saturated rings. The lowest BCUT2D eigenvalue weighted by atomic mass is 10.0. The van der Waals surface area contributed by atoms with Crippen molar-refractivity contribution in [3.05, 3.63) is 41.2 Å². The van der Waals surface area contributed by atoms with Crippen LogP contribution in [0.3, 0.4) is 0 Å². The van der Waals surface area contributed by atoms with E-state index in [0.717, 1.165) is 0 Å². The molecule has 2 heterocycles. The summed E-state index contributed by atoms with van der Waals surface area (Å²) in [7, 11) is 1.27. The first kappa shape index (κ1) is 17.7. The first-order valence-corrected chi connectivity index (χ1v) is 8.23. The molecule has 0 bridgehead atoms. The Hall–Kier alpha value is -3.10. The van der Waals surface area contributed by atoms with Crippen molar-refractivity contribution in [2.24, 2.45) is 5.92 Å². The molecule has 136 valence electrons. The number of ether oxygens (including phenoxy) is 1. The minimum atomic E-state index is -0.679. The molecule has 0 aliphatic carbocycles. The lowest BCUT2D eigenvalue weighted by Gasteiger charge is -2.26. The highest BCUT2D eigenvalue weighted by Gasteiger charge is 2.42. The van der Waals surface area contributed by atoms with Gasteiger partial charge in [-0.25, -0.2) is 4.68 Å². The van der Waals surface area contributed by atoms with Gasteiger partial charge in [-0.15, -0.1) is 5.10 Å². The summed E-state index contributed by atoms with van der Waals surface area (Å²) in [5.41, 5.74) is 0.719. The molecule has 3 rings (SSSR count). The molecule has 2 aromatic rings. The average molecular weight is 357 g/mol. The second-order valence-corrected chi connectivity index (χ2v) is 6.44. The van der Waals surface area contributed by atoms with Gasteiger partial charge in [0.05, 0.1) is 18.2 Å². The van der Waals surface area contributed by atoms with Crippen LogP contribution in [0.5, 0.6) is 0 Å². The van der Waals surface area contributed by atoms with Crippen molar-refractivity contribution in [3.8, 4) is 0 Å². The minimum Gasteiger partial charge on any atom is -0.468 e. The topological polar surface area (TPSA) is 107 Å². The maximum atomic E-state index is 12.9. The van der Waals surface area contributed by atoms with E-state index in [9.17, 15) is 14.4 Å². The zero-order valence-corrected chi connectivity index (χ0v) is 14.7. The third kappa shape index (κ3) is 3.07. The number of rotatable bonds is 6. The second-order valence-electron chi connectivity index (χ2n) is 6.44. The van der Waals surface area contributed by atoms with Gasteiger partial charge in [0, 0.05) is 0 Å². The number of carbonyl (C=O) groups excluding carboxylic acids is 3. The van der Waals surface area contributed by atoms with Gasteiger partial charge in [0.1, 0.15) is 12.6 Å². The fourth-order valence-electron chi connectivity index (χ4n) is 3.01. The van der Waals surface area contributed by atoms with Gasteiger partial charge >= 0.3 is 5.97 Å². The normalized spacial score (nSPS) is 14.7. The van der Waals surface area contributed by atoms with E-state index < -0.39 is 12.0 Å². The molecule has 0 saturated heterocycles. The molecule has 1 atom stereocenters. The van der Waals surface area contributed by atoms with Crippen LogP contribution < -0.4 is 0 Å². The fraction of sp³-hybridized carbons (Fsp3) is 0.412. The van der Waals surface area contributed by atoms with Crippen LogP contribution in [0.15, 0.2) is 24.3 Å². The number of esters is 1. The monoisotopic (exact) mass is 357 g/mol. The van der Waals surface area contributed by atoms with E-state index in [-0.39, 0.29) is 30.1 Å². The van der Waals surface area contributed by atoms with E-state index in [1.165, 1.54) is 16.7 Å². The van der Waals surface area contributed by atoms with Crippen LogP contribution in [0, 0.1) is 5.92 Å². The number of fused-ring (bicyclic) bond motifs is 1. The molecule has 0 N–H and O–H groups in total. The minimum absolute atomic E-state index is 0.160. The number of carbonyl (C=O) groups is 3. The predicted molar refractivity (Wildman–Crippen MR) is 89.0 cm³/mol. The molecule has 1 unspecified atom stereocenters. The summed E-state index contributed by atoms with van der Waals surface area (Å²) in [6, 6.07) is 6.00. The molecule has 1 aromatic heterocycles. The Kier molecular flexibility index (Phi) is 4.79. The number of nitrogens with zero attached hydrogens (tertiary/aromatic N) is 5. The van der Waals surface area contributed by atoms with Gasteiger partial charge in [-0.05, 0) is 34.9 Å². The maximum Gasteiger partial charge on any atom is 0.327 e. The van der Waals surface area contributed by atoms with Gasteiger partial charge in [-0.1, -0.05) is 26.0 Å². The summed E-state index contributed by atoms with van der Waals surface area (Å²) < 4.78 is 5.92. The van der Waals surface area contributed by atoms with Gasteiger partial charge in [0.25, 0.3) is 11.8 Å². The number of amides is 2. The molecule has 26 heavy (non-hydrogen) atoms. The molecule has 0 spiro atoms. The van der Waals surface area contributed by atoms with Gasteiger partial charge in [0.15, 0.2) is 5.82 Å². The van der Waals surface area contributed by atoms with Crippen LogP contribution in [-0.2, 0) is 16.1 Å². The number of hydrogen-bond acceptors (Lipinski definition) is 7. The van der Waals surface area contributed by atoms with Crippen molar-refractivity contribution in [1.29, 1.82) is 0 Å². The van der Waals surface area contributed by atoms with E-state index in [1.54, 1.807) is 24.3 Å². The maximum absolute atomic E-state index is 12.9. The summed E-state index contributed by atoms with van der Waals surface area (Å²) in [5.74, 6) is -0.858. The Labute approximate surface area is 149 Å². The van der Waals surface area contributed by atoms with Crippen LogP contribution in [0.1, 0.15) is 52.9 Å². The summed E-state index contributed by atoms with van der Waals surface area (Å²) in [4.78, 5) is 38.5. The van der Waals surface area contributed by atoms with Gasteiger partial charge < -0.3 is 4.74 Å². The van der Waals surface area contributed by atoms with Crippen LogP contribution >= 0.6 is 0 Å². The number of benzene rings is 1. The Morgan fingerprint density at radius 2 is 1.77 bits per heavy atom. The van der Waals surface area contributed by atoms with Crippen LogP contribution in [0.4, 0.5) is 0 Å². The molecule has 0 saturated carbocycles. The van der Waals surface area contributed by atoms with E-state index in [4.69, 9.17) is 0 Å². The standard InChI is InChI=1S/C17H19N5O4/c1-10(2)8-13(15-18-19-20-21(15)9-14(23)26-3)22-16(24)11-6-4-5-7-12(11)17(22)25/h4-7,10,13H,8-9H2,1-3H3. The van der Waals surface area contributed by atoms with Gasteiger partial charge in [-0.3, -0.25) is 19.3 Å². The molecule has 2 amide bonds. The fourth-order valence-corrected chi connectivity index (χ4v) is 3.01. The summed E-state index contributed by atoms with van der Waals surface area (Å²) in [6.45, 7) is 3.75. The Morgan fingerprint density at radius 1 is 1.15 bits per heavy atom. The van der Waals surface area contributed by atoms with Crippen molar-refractivity contribution in [3.63, 3.8) is 0 Å². The zero-order chi connectivity index (χ0) is 18.8. The highest BCUT2D eigenvalue weighted by Crippen LogP contribution is 2.34. The van der Waals surface area contributed by atoms with Gasteiger partial charge in [-0.2, -0.15) is 0 Å². The summed E-state index contributed by atoms with van der Waals surface area (Å²) in [5, 5.41) is 11.4. The van der Waals surface area contributed by atoms with Crippen LogP contribution in [0.2, 0.25) is 0 Å². The molecular formula is C17H19N5O4. The zero-order valence-electron chi connectivity index (χ0n) is 14.7. The number of aromatic nitrogens is 4. The molecule has 1 aliphatic rings. The third-order valence-corrected chi connectivity index (χ3v) is 4.20. The molecular weight excluding hydrogens is 338 g/mol. The smallest absolute Gasteiger partial charge is 0.327 e. The van der Waals surface area contributed by atoms with Crippen molar-refractivity contribution in [2.75, 3.05) is 7.11 Å². The molecule has 0 radical (unpaired) electrons. The Morgan fingerprint density at radius 3 is 2.31 bits per heavy atom. The average Bonchev–Trinajstić information content (AvgIpc) is 3.17. The molecule has 9 heteroatoms. The van der Waals surface area contributed by atoms with Gasteiger partial charge in [0.2, 0.25) is 0 Å². The number of hydrogen-bond donors (Lipinski definition) is 0. The lowest BCUT2D eigenvalue weighted by molar-refractivity contribution is -0.141. The number of tetrazole rings is 1. The van der Waals surface area contributed by atoms with Crippen molar-refractivity contribution in [1.82, 2.24) is 25.1 Å². The van der Waals surface area contributed by atoms with Crippen LogP contribution in [-0.4, -0.2) is 50.0 Å². The van der Waals surface area contributed by atoms with E-state index >= 15 is 0 Å². The first-order chi connectivity index (χ1) is 12.4. The van der Waals surface area contributed by atoms with Crippen molar-refractivity contribution >= 4 is 17.8 Å². The van der Waals surface area contributed by atoms with E-state index in [0.29, 0.717) is 17.5 Å². The second kappa shape index (κ2) is 7.03.